The van der Waals surface area contributed by atoms with Crippen molar-refractivity contribution >= 4 is 17.4 Å². The summed E-state index contributed by atoms with van der Waals surface area (Å²) in [6.07, 6.45) is 1.94. The van der Waals surface area contributed by atoms with Gasteiger partial charge in [0.05, 0.1) is 19.0 Å². The third-order valence-electron chi connectivity index (χ3n) is 5.06. The van der Waals surface area contributed by atoms with Crippen LogP contribution in [0.1, 0.15) is 12.5 Å². The van der Waals surface area contributed by atoms with Gasteiger partial charge in [0.1, 0.15) is 31.9 Å². The molecule has 1 saturated heterocycles. The molecule has 2 heterocycles. The Morgan fingerprint density at radius 1 is 1.27 bits per heavy atom. The summed E-state index contributed by atoms with van der Waals surface area (Å²) in [5, 5.41) is 3.04. The number of rotatable bonds is 5. The van der Waals surface area contributed by atoms with Crippen molar-refractivity contribution in [2.75, 3.05) is 43.5 Å². The van der Waals surface area contributed by atoms with Gasteiger partial charge in [-0.25, -0.2) is 4.98 Å². The zero-order chi connectivity index (χ0) is 18.5. The lowest BCUT2D eigenvalue weighted by atomic mass is 10.1. The van der Waals surface area contributed by atoms with Crippen LogP contribution in [0.2, 0.25) is 0 Å². The van der Waals surface area contributed by atoms with E-state index in [9.17, 15) is 4.79 Å². The first-order chi connectivity index (χ1) is 12.6. The number of nitrogens with one attached hydrogen (secondary N) is 3. The topological polar surface area (TPSA) is 60.1 Å². The normalized spacial score (nSPS) is 16.2. The van der Waals surface area contributed by atoms with Gasteiger partial charge in [-0.15, -0.1) is 0 Å². The Balaban J connectivity index is 1.59. The molecule has 0 radical (unpaired) electrons. The molecule has 0 saturated carbocycles. The summed E-state index contributed by atoms with van der Waals surface area (Å²) in [6, 6.07) is 11.8. The van der Waals surface area contributed by atoms with Crippen molar-refractivity contribution in [1.29, 1.82) is 0 Å². The average Bonchev–Trinajstić information content (AvgIpc) is 2.68. The predicted molar refractivity (Wildman–Crippen MR) is 102 cm³/mol. The lowest BCUT2D eigenvalue weighted by Gasteiger charge is -2.31. The van der Waals surface area contributed by atoms with Gasteiger partial charge in [-0.1, -0.05) is 12.1 Å². The Kier molecular flexibility index (Phi) is 5.73. The van der Waals surface area contributed by atoms with Crippen LogP contribution in [0.25, 0.3) is 0 Å². The molecule has 1 aromatic carbocycles. The average molecular weight is 356 g/mol. The molecule has 138 valence electrons. The smallest absolute Gasteiger partial charge is 0.282 e. The molecule has 3 rings (SSSR count). The van der Waals surface area contributed by atoms with E-state index in [4.69, 9.17) is 4.74 Å². The van der Waals surface area contributed by atoms with Gasteiger partial charge in [0.2, 0.25) is 0 Å². The molecule has 6 heteroatoms. The van der Waals surface area contributed by atoms with Crippen molar-refractivity contribution < 1.29 is 19.4 Å². The number of aryl methyl sites for hydroxylation is 1. The van der Waals surface area contributed by atoms with Crippen molar-refractivity contribution in [2.45, 2.75) is 19.9 Å². The highest BCUT2D eigenvalue weighted by molar-refractivity contribution is 5.95. The Morgan fingerprint density at radius 2 is 2.04 bits per heavy atom. The standard InChI is InChI=1S/C20H26N4O2/c1-15-7-8-18(26-3)17(14-15)22-20(25)16(2)23-10-12-24(13-11-23)19-6-4-5-9-21-19/h4-9,14,16H,10-13H2,1-3H3,(H,22,25)/p+2/t16-/m1/s1. The van der Waals surface area contributed by atoms with Crippen LogP contribution in [-0.4, -0.2) is 45.2 Å². The fourth-order valence-corrected chi connectivity index (χ4v) is 3.39. The Labute approximate surface area is 154 Å². The van der Waals surface area contributed by atoms with Gasteiger partial charge < -0.3 is 15.0 Å². The Hall–Kier alpha value is -2.60. The third kappa shape index (κ3) is 4.14. The number of anilines is 2. The number of quaternary nitrogens is 1. The van der Waals surface area contributed by atoms with Gasteiger partial charge in [0, 0.05) is 6.07 Å². The summed E-state index contributed by atoms with van der Waals surface area (Å²) >= 11 is 0. The fraction of sp³-hybridized carbons (Fsp3) is 0.400. The largest absolute Gasteiger partial charge is 0.495 e. The van der Waals surface area contributed by atoms with Crippen LogP contribution in [0.4, 0.5) is 11.5 Å². The van der Waals surface area contributed by atoms with Crippen LogP contribution in [0.5, 0.6) is 5.75 Å². The van der Waals surface area contributed by atoms with E-state index in [0.29, 0.717) is 5.75 Å². The molecule has 0 spiro atoms. The number of amides is 1. The van der Waals surface area contributed by atoms with Crippen LogP contribution < -0.4 is 24.8 Å². The lowest BCUT2D eigenvalue weighted by Crippen LogP contribution is -3.19. The number of ether oxygens (including phenoxy) is 1. The predicted octanol–water partition coefficient (Wildman–Crippen LogP) is 0.550. The van der Waals surface area contributed by atoms with Gasteiger partial charge in [0.25, 0.3) is 11.7 Å². The molecular weight excluding hydrogens is 328 g/mol. The molecule has 1 atom stereocenters. The Bertz CT molecular complexity index is 743. The number of H-pyrrole nitrogens is 1. The maximum atomic E-state index is 12.7. The van der Waals surface area contributed by atoms with Crippen molar-refractivity contribution in [2.24, 2.45) is 0 Å². The van der Waals surface area contributed by atoms with Crippen molar-refractivity contribution in [3.8, 4) is 5.75 Å². The van der Waals surface area contributed by atoms with E-state index in [2.05, 4.69) is 21.3 Å². The number of piperazine rings is 1. The lowest BCUT2D eigenvalue weighted by molar-refractivity contribution is -0.914. The van der Waals surface area contributed by atoms with Crippen LogP contribution >= 0.6 is 0 Å². The molecule has 1 fully saturated rings. The second kappa shape index (κ2) is 8.19. The molecule has 1 aliphatic heterocycles. The summed E-state index contributed by atoms with van der Waals surface area (Å²) in [5.41, 5.74) is 1.83. The summed E-state index contributed by atoms with van der Waals surface area (Å²) in [4.78, 5) is 19.7. The van der Waals surface area contributed by atoms with E-state index in [0.717, 1.165) is 43.2 Å². The quantitative estimate of drug-likeness (QED) is 0.823. The maximum Gasteiger partial charge on any atom is 0.282 e. The molecule has 1 aromatic heterocycles. The van der Waals surface area contributed by atoms with Gasteiger partial charge in [-0.2, -0.15) is 0 Å². The van der Waals surface area contributed by atoms with Crippen LogP contribution in [0.3, 0.4) is 0 Å². The highest BCUT2D eigenvalue weighted by Crippen LogP contribution is 2.25. The minimum absolute atomic E-state index is 0.0311. The molecule has 1 aliphatic rings. The molecule has 6 nitrogen and oxygen atoms in total. The highest BCUT2D eigenvalue weighted by atomic mass is 16.5. The van der Waals surface area contributed by atoms with Gasteiger partial charge in [-0.3, -0.25) is 9.69 Å². The second-order valence-corrected chi connectivity index (χ2v) is 6.81. The first-order valence-electron chi connectivity index (χ1n) is 9.10. The van der Waals surface area contributed by atoms with E-state index >= 15 is 0 Å². The first kappa shape index (κ1) is 18.2. The summed E-state index contributed by atoms with van der Waals surface area (Å²) in [7, 11) is 1.62. The number of nitrogens with zero attached hydrogens (tertiary/aromatic N) is 1. The molecule has 3 N–H and O–H groups in total. The summed E-state index contributed by atoms with van der Waals surface area (Å²) in [6.45, 7) is 7.73. The minimum Gasteiger partial charge on any atom is -0.495 e. The van der Waals surface area contributed by atoms with E-state index < -0.39 is 0 Å². The van der Waals surface area contributed by atoms with E-state index in [-0.39, 0.29) is 11.9 Å². The second-order valence-electron chi connectivity index (χ2n) is 6.81. The molecule has 2 aromatic rings. The number of hydrogen-bond acceptors (Lipinski definition) is 3. The zero-order valence-corrected chi connectivity index (χ0v) is 15.7. The van der Waals surface area contributed by atoms with Crippen molar-refractivity contribution in [3.63, 3.8) is 0 Å². The molecule has 0 unspecified atom stereocenters. The van der Waals surface area contributed by atoms with Crippen LogP contribution in [0, 0.1) is 6.92 Å². The number of hydrogen-bond donors (Lipinski definition) is 2. The highest BCUT2D eigenvalue weighted by Gasteiger charge is 2.32. The van der Waals surface area contributed by atoms with E-state index in [1.165, 1.54) is 4.90 Å². The molecule has 0 bridgehead atoms. The number of carbonyl (C=O) groups excluding carboxylic acids is 1. The molecular formula is C20H28N4O2+2. The number of carbonyl (C=O) groups is 1. The molecule has 0 aliphatic carbocycles. The maximum absolute atomic E-state index is 12.7. The number of pyridine rings is 1. The SMILES string of the molecule is COc1ccc(C)cc1NC(=O)[C@@H](C)[NH+]1CCN(c2cccc[nH+]2)CC1. The van der Waals surface area contributed by atoms with Gasteiger partial charge in [0.15, 0.2) is 6.04 Å². The van der Waals surface area contributed by atoms with Gasteiger partial charge in [-0.05, 0) is 37.6 Å². The Morgan fingerprint density at radius 3 is 2.69 bits per heavy atom. The van der Waals surface area contributed by atoms with E-state index in [1.807, 2.05) is 50.4 Å². The van der Waals surface area contributed by atoms with E-state index in [1.54, 1.807) is 7.11 Å². The summed E-state index contributed by atoms with van der Waals surface area (Å²) in [5.74, 6) is 1.85. The molecule has 26 heavy (non-hydrogen) atoms. The molecule has 1 amide bonds. The number of aromatic amines is 1. The van der Waals surface area contributed by atoms with Crippen LogP contribution in [0.15, 0.2) is 42.6 Å². The first-order valence-corrected chi connectivity index (χ1v) is 9.10. The van der Waals surface area contributed by atoms with Crippen LogP contribution in [-0.2, 0) is 4.79 Å². The van der Waals surface area contributed by atoms with Crippen molar-refractivity contribution in [3.05, 3.63) is 48.2 Å². The number of benzene rings is 1. The minimum atomic E-state index is -0.109. The number of methoxy groups -OCH3 is 1. The third-order valence-corrected chi connectivity index (χ3v) is 5.06. The van der Waals surface area contributed by atoms with Gasteiger partial charge >= 0.3 is 0 Å². The number of aromatic nitrogens is 1. The van der Waals surface area contributed by atoms with Crippen molar-refractivity contribution in [1.82, 2.24) is 0 Å². The summed E-state index contributed by atoms with van der Waals surface area (Å²) < 4.78 is 5.36. The zero-order valence-electron chi connectivity index (χ0n) is 15.7. The fourth-order valence-electron chi connectivity index (χ4n) is 3.39. The monoisotopic (exact) mass is 356 g/mol.